The first-order valence-corrected chi connectivity index (χ1v) is 11.3. The van der Waals surface area contributed by atoms with E-state index < -0.39 is 13.6 Å². The summed E-state index contributed by atoms with van der Waals surface area (Å²) in [5.74, 6) is 0.228. The van der Waals surface area contributed by atoms with Crippen molar-refractivity contribution in [3.05, 3.63) is 58.7 Å². The fourth-order valence-corrected chi connectivity index (χ4v) is 3.22. The maximum atomic E-state index is 13.1. The number of nitrogens with one attached hydrogen (secondary N) is 1. The summed E-state index contributed by atoms with van der Waals surface area (Å²) < 4.78 is 28.2. The summed E-state index contributed by atoms with van der Waals surface area (Å²) in [7, 11) is -3.94. The molecule has 2 aromatic carbocycles. The van der Waals surface area contributed by atoms with E-state index >= 15 is 0 Å². The molecule has 0 amide bonds. The van der Waals surface area contributed by atoms with Crippen molar-refractivity contribution in [2.24, 2.45) is 0 Å². The van der Waals surface area contributed by atoms with Gasteiger partial charge in [0.15, 0.2) is 11.5 Å². The Bertz CT molecular complexity index is 857. The number of esters is 1. The van der Waals surface area contributed by atoms with E-state index in [0.717, 1.165) is 22.3 Å². The molecule has 0 saturated carbocycles. The van der Waals surface area contributed by atoms with Crippen LogP contribution < -0.4 is 15.1 Å². The van der Waals surface area contributed by atoms with Gasteiger partial charge in [0.2, 0.25) is 0 Å². The van der Waals surface area contributed by atoms with Crippen LogP contribution in [0, 0.1) is 27.7 Å². The first-order chi connectivity index (χ1) is 14.2. The molecule has 1 N–H and O–H groups in total. The SMILES string of the molecule is CCOC(=O)CNCP(=O)(OOc1ccc(C)c(C)c1)OOc1ccc(C)c(C)c1. The van der Waals surface area contributed by atoms with E-state index in [-0.39, 0.29) is 19.4 Å². The molecule has 0 aromatic heterocycles. The number of aryl methyl sites for hydroxylation is 4. The van der Waals surface area contributed by atoms with E-state index in [1.165, 1.54) is 0 Å². The van der Waals surface area contributed by atoms with Crippen LogP contribution in [0.1, 0.15) is 29.2 Å². The minimum absolute atomic E-state index is 0.169. The van der Waals surface area contributed by atoms with Crippen molar-refractivity contribution in [1.29, 1.82) is 0 Å². The van der Waals surface area contributed by atoms with E-state index in [1.807, 2.05) is 39.8 Å². The normalized spacial score (nSPS) is 11.2. The summed E-state index contributed by atoms with van der Waals surface area (Å²) in [4.78, 5) is 21.9. The Kier molecular flexibility index (Phi) is 8.87. The molecule has 0 saturated heterocycles. The third kappa shape index (κ3) is 7.46. The van der Waals surface area contributed by atoms with Gasteiger partial charge in [-0.2, -0.15) is 0 Å². The number of hydrogen-bond donors (Lipinski definition) is 1. The lowest BCUT2D eigenvalue weighted by Gasteiger charge is -2.17. The summed E-state index contributed by atoms with van der Waals surface area (Å²) in [6.07, 6.45) is -0.332. The van der Waals surface area contributed by atoms with Crippen molar-refractivity contribution < 1.29 is 33.2 Å². The third-order valence-electron chi connectivity index (χ3n) is 4.33. The second-order valence-corrected chi connectivity index (χ2v) is 8.64. The van der Waals surface area contributed by atoms with Crippen LogP contribution in [-0.2, 0) is 23.4 Å². The fourth-order valence-electron chi connectivity index (χ4n) is 2.30. The molecule has 0 spiro atoms. The van der Waals surface area contributed by atoms with Gasteiger partial charge in [0.05, 0.1) is 13.2 Å². The van der Waals surface area contributed by atoms with Crippen LogP contribution in [0.4, 0.5) is 0 Å². The van der Waals surface area contributed by atoms with Gasteiger partial charge in [-0.3, -0.25) is 14.7 Å². The van der Waals surface area contributed by atoms with Crippen molar-refractivity contribution in [1.82, 2.24) is 5.32 Å². The Labute approximate surface area is 176 Å². The van der Waals surface area contributed by atoms with Gasteiger partial charge in [0.25, 0.3) is 0 Å². The zero-order chi connectivity index (χ0) is 22.1. The van der Waals surface area contributed by atoms with Crippen LogP contribution in [0.25, 0.3) is 0 Å². The van der Waals surface area contributed by atoms with Gasteiger partial charge in [-0.1, -0.05) is 21.5 Å². The van der Waals surface area contributed by atoms with E-state index in [9.17, 15) is 9.36 Å². The summed E-state index contributed by atoms with van der Waals surface area (Å²) in [5, 5.41) is 2.68. The molecule has 0 aliphatic rings. The van der Waals surface area contributed by atoms with Crippen LogP contribution in [0.15, 0.2) is 36.4 Å². The number of benzene rings is 2. The molecule has 0 aliphatic heterocycles. The van der Waals surface area contributed by atoms with Crippen LogP contribution in [0.3, 0.4) is 0 Å². The third-order valence-corrected chi connectivity index (χ3v) is 5.55. The van der Waals surface area contributed by atoms with Crippen LogP contribution in [-0.4, -0.2) is 25.4 Å². The van der Waals surface area contributed by atoms with Gasteiger partial charge in [-0.15, -0.1) is 0 Å². The molecule has 0 radical (unpaired) electrons. The molecule has 0 aliphatic carbocycles. The van der Waals surface area contributed by atoms with Crippen molar-refractivity contribution in [3.8, 4) is 11.5 Å². The highest BCUT2D eigenvalue weighted by Crippen LogP contribution is 2.47. The Balaban J connectivity index is 2.05. The van der Waals surface area contributed by atoms with Gasteiger partial charge in [-0.05, 0) is 81.1 Å². The summed E-state index contributed by atoms with van der Waals surface area (Å²) in [6.45, 7) is 9.54. The molecular weight excluding hydrogens is 409 g/mol. The van der Waals surface area contributed by atoms with Crippen molar-refractivity contribution in [2.45, 2.75) is 34.6 Å². The fraction of sp³-hybridized carbons (Fsp3) is 0.381. The smallest absolute Gasteiger partial charge is 0.418 e. The van der Waals surface area contributed by atoms with Gasteiger partial charge in [0.1, 0.15) is 6.29 Å². The molecule has 0 fully saturated rings. The van der Waals surface area contributed by atoms with Gasteiger partial charge in [0, 0.05) is 0 Å². The quantitative estimate of drug-likeness (QED) is 0.237. The molecule has 0 heterocycles. The summed E-state index contributed by atoms with van der Waals surface area (Å²) in [6, 6.07) is 10.6. The van der Waals surface area contributed by atoms with Crippen LogP contribution in [0.5, 0.6) is 11.5 Å². The van der Waals surface area contributed by atoms with Crippen molar-refractivity contribution in [2.75, 3.05) is 19.4 Å². The number of hydrogen-bond acceptors (Lipinski definition) is 8. The minimum Gasteiger partial charge on any atom is -0.465 e. The number of rotatable bonds is 11. The monoisotopic (exact) mass is 437 g/mol. The Hall–Kier alpha value is -2.38. The second-order valence-electron chi connectivity index (χ2n) is 6.81. The topological polar surface area (TPSA) is 92.3 Å². The lowest BCUT2D eigenvalue weighted by Crippen LogP contribution is -2.27. The molecule has 2 aromatic rings. The lowest BCUT2D eigenvalue weighted by molar-refractivity contribution is -0.171. The zero-order valence-electron chi connectivity index (χ0n) is 17.9. The summed E-state index contributed by atoms with van der Waals surface area (Å²) in [5.41, 5.74) is 4.13. The Morgan fingerprint density at radius 3 is 1.80 bits per heavy atom. The maximum absolute atomic E-state index is 13.1. The number of carbonyl (C=O) groups is 1. The van der Waals surface area contributed by atoms with Crippen LogP contribution in [0.2, 0.25) is 0 Å². The number of carbonyl (C=O) groups excluding carboxylic acids is 1. The molecule has 2 rings (SSSR count). The standard InChI is InChI=1S/C21H28NO7P/c1-6-25-21(23)13-22-14-30(24,28-26-19-9-7-15(2)17(4)11-19)29-27-20-10-8-16(3)18(5)12-20/h7-12,22H,6,13-14H2,1-5H3. The molecule has 0 atom stereocenters. The van der Waals surface area contributed by atoms with E-state index in [0.29, 0.717) is 11.5 Å². The minimum atomic E-state index is -3.94. The highest BCUT2D eigenvalue weighted by molar-refractivity contribution is 7.53. The Morgan fingerprint density at radius 2 is 1.37 bits per heavy atom. The Morgan fingerprint density at radius 1 is 0.867 bits per heavy atom. The first-order valence-electron chi connectivity index (χ1n) is 9.55. The first kappa shape index (κ1) is 23.9. The predicted octanol–water partition coefficient (Wildman–Crippen LogP) is 4.54. The second kappa shape index (κ2) is 11.1. The lowest BCUT2D eigenvalue weighted by atomic mass is 10.1. The van der Waals surface area contributed by atoms with Crippen LogP contribution >= 0.6 is 7.60 Å². The zero-order valence-corrected chi connectivity index (χ0v) is 18.8. The average Bonchev–Trinajstić information content (AvgIpc) is 2.70. The predicted molar refractivity (Wildman–Crippen MR) is 112 cm³/mol. The molecule has 30 heavy (non-hydrogen) atoms. The van der Waals surface area contributed by atoms with Crippen molar-refractivity contribution in [3.63, 3.8) is 0 Å². The van der Waals surface area contributed by atoms with Crippen molar-refractivity contribution >= 4 is 13.6 Å². The summed E-state index contributed by atoms with van der Waals surface area (Å²) >= 11 is 0. The van der Waals surface area contributed by atoms with E-state index in [4.69, 9.17) is 23.9 Å². The molecular formula is C21H28NO7P. The van der Waals surface area contributed by atoms with Gasteiger partial charge < -0.3 is 14.5 Å². The molecule has 9 heteroatoms. The largest absolute Gasteiger partial charge is 0.465 e. The highest BCUT2D eigenvalue weighted by Gasteiger charge is 2.30. The molecule has 164 valence electrons. The van der Waals surface area contributed by atoms with E-state index in [2.05, 4.69) is 5.32 Å². The van der Waals surface area contributed by atoms with E-state index in [1.54, 1.807) is 31.2 Å². The number of ether oxygens (including phenoxy) is 1. The molecule has 0 bridgehead atoms. The molecule has 8 nitrogen and oxygen atoms in total. The van der Waals surface area contributed by atoms with Gasteiger partial charge >= 0.3 is 13.6 Å². The van der Waals surface area contributed by atoms with Gasteiger partial charge in [-0.25, -0.2) is 0 Å². The average molecular weight is 437 g/mol. The molecule has 0 unspecified atom stereocenters. The highest BCUT2D eigenvalue weighted by atomic mass is 31.2. The maximum Gasteiger partial charge on any atom is 0.418 e.